The van der Waals surface area contributed by atoms with Crippen LogP contribution in [0.5, 0.6) is 0 Å². The molecule has 19 heavy (non-hydrogen) atoms. The highest BCUT2D eigenvalue weighted by molar-refractivity contribution is 5.88. The molecule has 1 aromatic rings. The first-order valence-electron chi connectivity index (χ1n) is 6.03. The lowest BCUT2D eigenvalue weighted by molar-refractivity contribution is -0.251. The Hall–Kier alpha value is -1.31. The van der Waals surface area contributed by atoms with Gasteiger partial charge in [-0.2, -0.15) is 0 Å². The molecule has 0 amide bonds. The van der Waals surface area contributed by atoms with Gasteiger partial charge in [-0.15, -0.1) is 0 Å². The number of rotatable bonds is 4. The van der Waals surface area contributed by atoms with E-state index in [4.69, 9.17) is 20.3 Å². The second-order valence-electron chi connectivity index (χ2n) is 4.39. The SMILES string of the molecule is N[C@@H](CO)C(=O)[C@@H]1OC(c2ccccc2)OC[C@H]1O. The van der Waals surface area contributed by atoms with Crippen molar-refractivity contribution in [2.75, 3.05) is 13.2 Å². The Morgan fingerprint density at radius 3 is 2.74 bits per heavy atom. The number of nitrogens with two attached hydrogens (primary N) is 1. The minimum absolute atomic E-state index is 0.0197. The number of ketones is 1. The third-order valence-electron chi connectivity index (χ3n) is 2.95. The monoisotopic (exact) mass is 267 g/mol. The fourth-order valence-electron chi connectivity index (χ4n) is 1.88. The smallest absolute Gasteiger partial charge is 0.184 e. The zero-order valence-electron chi connectivity index (χ0n) is 10.3. The number of ether oxygens (including phenoxy) is 2. The number of hydrogen-bond acceptors (Lipinski definition) is 6. The van der Waals surface area contributed by atoms with Crippen LogP contribution in [0.15, 0.2) is 30.3 Å². The molecule has 4 N–H and O–H groups in total. The van der Waals surface area contributed by atoms with Crippen LogP contribution < -0.4 is 5.73 Å². The summed E-state index contributed by atoms with van der Waals surface area (Å²) < 4.78 is 10.8. The number of aliphatic hydroxyl groups excluding tert-OH is 2. The Labute approximate surface area is 110 Å². The molecule has 6 heteroatoms. The van der Waals surface area contributed by atoms with Crippen LogP contribution in [-0.2, 0) is 14.3 Å². The molecule has 1 fully saturated rings. The Bertz CT molecular complexity index is 424. The Morgan fingerprint density at radius 1 is 1.42 bits per heavy atom. The van der Waals surface area contributed by atoms with Crippen LogP contribution in [0.25, 0.3) is 0 Å². The van der Waals surface area contributed by atoms with Crippen molar-refractivity contribution in [3.05, 3.63) is 35.9 Å². The van der Waals surface area contributed by atoms with Crippen molar-refractivity contribution in [3.8, 4) is 0 Å². The van der Waals surface area contributed by atoms with Gasteiger partial charge < -0.3 is 25.4 Å². The number of carbonyl (C=O) groups is 1. The molecule has 0 radical (unpaired) electrons. The van der Waals surface area contributed by atoms with Crippen LogP contribution in [0.2, 0.25) is 0 Å². The first-order valence-corrected chi connectivity index (χ1v) is 6.03. The molecule has 0 aliphatic carbocycles. The minimum Gasteiger partial charge on any atom is -0.394 e. The Kier molecular flexibility index (Phi) is 4.62. The van der Waals surface area contributed by atoms with E-state index in [2.05, 4.69) is 0 Å². The van der Waals surface area contributed by atoms with Crippen molar-refractivity contribution in [1.82, 2.24) is 0 Å². The first-order chi connectivity index (χ1) is 9.13. The molecule has 0 saturated carbocycles. The molecular formula is C13H17NO5. The van der Waals surface area contributed by atoms with Crippen molar-refractivity contribution in [2.45, 2.75) is 24.5 Å². The van der Waals surface area contributed by atoms with Gasteiger partial charge in [-0.05, 0) is 0 Å². The van der Waals surface area contributed by atoms with E-state index < -0.39 is 36.9 Å². The van der Waals surface area contributed by atoms with Gasteiger partial charge in [0.25, 0.3) is 0 Å². The number of carbonyl (C=O) groups excluding carboxylic acids is 1. The van der Waals surface area contributed by atoms with Gasteiger partial charge in [-0.25, -0.2) is 0 Å². The van der Waals surface area contributed by atoms with Crippen molar-refractivity contribution < 1.29 is 24.5 Å². The maximum absolute atomic E-state index is 11.9. The Morgan fingerprint density at radius 2 is 2.11 bits per heavy atom. The molecule has 1 aliphatic rings. The molecule has 6 nitrogen and oxygen atoms in total. The van der Waals surface area contributed by atoms with Crippen LogP contribution in [0, 0.1) is 0 Å². The number of aliphatic hydroxyl groups is 2. The highest BCUT2D eigenvalue weighted by atomic mass is 16.7. The second kappa shape index (κ2) is 6.23. The summed E-state index contributed by atoms with van der Waals surface area (Å²) in [5, 5.41) is 18.6. The largest absolute Gasteiger partial charge is 0.394 e. The molecule has 1 aromatic carbocycles. The van der Waals surface area contributed by atoms with E-state index in [1.165, 1.54) is 0 Å². The van der Waals surface area contributed by atoms with E-state index in [0.717, 1.165) is 5.56 Å². The maximum Gasteiger partial charge on any atom is 0.184 e. The molecule has 1 unspecified atom stereocenters. The number of hydrogen-bond donors (Lipinski definition) is 3. The van der Waals surface area contributed by atoms with Crippen LogP contribution >= 0.6 is 0 Å². The van der Waals surface area contributed by atoms with Crippen molar-refractivity contribution in [2.24, 2.45) is 5.73 Å². The number of Topliss-reactive ketones (excluding diaryl/α,β-unsaturated/α-hetero) is 1. The topological polar surface area (TPSA) is 102 Å². The predicted molar refractivity (Wildman–Crippen MR) is 66.1 cm³/mol. The lowest BCUT2D eigenvalue weighted by Gasteiger charge is -2.34. The summed E-state index contributed by atoms with van der Waals surface area (Å²) in [5.41, 5.74) is 6.22. The molecule has 0 aromatic heterocycles. The summed E-state index contributed by atoms with van der Waals surface area (Å²) in [6.07, 6.45) is -2.88. The predicted octanol–water partition coefficient (Wildman–Crippen LogP) is -0.650. The van der Waals surface area contributed by atoms with Gasteiger partial charge in [0.1, 0.15) is 12.2 Å². The molecule has 2 rings (SSSR count). The van der Waals surface area contributed by atoms with Gasteiger partial charge in [-0.1, -0.05) is 30.3 Å². The summed E-state index contributed by atoms with van der Waals surface area (Å²) in [6, 6.07) is 8.04. The van der Waals surface area contributed by atoms with Crippen LogP contribution in [0.1, 0.15) is 11.9 Å². The van der Waals surface area contributed by atoms with Gasteiger partial charge in [0.15, 0.2) is 12.1 Å². The summed E-state index contributed by atoms with van der Waals surface area (Å²) >= 11 is 0. The lowest BCUT2D eigenvalue weighted by Crippen LogP contribution is -2.52. The normalized spacial score (nSPS) is 28.9. The molecule has 0 spiro atoms. The first kappa shape index (κ1) is 14.1. The zero-order chi connectivity index (χ0) is 13.8. The molecule has 0 bridgehead atoms. The minimum atomic E-state index is -1.08. The second-order valence-corrected chi connectivity index (χ2v) is 4.39. The van der Waals surface area contributed by atoms with E-state index in [9.17, 15) is 9.90 Å². The molecule has 4 atom stereocenters. The standard InChI is InChI=1S/C13H17NO5/c14-9(6-15)11(17)12-10(16)7-18-13(19-12)8-4-2-1-3-5-8/h1-5,9-10,12-13,15-16H,6-7,14H2/t9-,10+,12+,13?/m0/s1. The third kappa shape index (κ3) is 3.17. The summed E-state index contributed by atoms with van der Waals surface area (Å²) in [4.78, 5) is 11.9. The van der Waals surface area contributed by atoms with E-state index in [1.807, 2.05) is 18.2 Å². The van der Waals surface area contributed by atoms with Crippen LogP contribution in [0.4, 0.5) is 0 Å². The lowest BCUT2D eigenvalue weighted by atomic mass is 10.0. The Balaban J connectivity index is 2.10. The fourth-order valence-corrected chi connectivity index (χ4v) is 1.88. The van der Waals surface area contributed by atoms with Crippen molar-refractivity contribution >= 4 is 5.78 Å². The maximum atomic E-state index is 11.9. The van der Waals surface area contributed by atoms with Crippen LogP contribution in [0.3, 0.4) is 0 Å². The van der Waals surface area contributed by atoms with Crippen molar-refractivity contribution in [1.29, 1.82) is 0 Å². The van der Waals surface area contributed by atoms with Crippen LogP contribution in [-0.4, -0.2) is 47.5 Å². The van der Waals surface area contributed by atoms with Gasteiger partial charge in [0.05, 0.1) is 19.3 Å². The van der Waals surface area contributed by atoms with E-state index in [-0.39, 0.29) is 6.61 Å². The quantitative estimate of drug-likeness (QED) is 0.670. The highest BCUT2D eigenvalue weighted by Crippen LogP contribution is 2.27. The molecule has 1 saturated heterocycles. The summed E-state index contributed by atoms with van der Waals surface area (Å²) in [7, 11) is 0. The van der Waals surface area contributed by atoms with Gasteiger partial charge in [0, 0.05) is 5.56 Å². The van der Waals surface area contributed by atoms with E-state index >= 15 is 0 Å². The highest BCUT2D eigenvalue weighted by Gasteiger charge is 2.38. The van der Waals surface area contributed by atoms with E-state index in [1.54, 1.807) is 12.1 Å². The molecule has 104 valence electrons. The van der Waals surface area contributed by atoms with Gasteiger partial charge in [0.2, 0.25) is 0 Å². The van der Waals surface area contributed by atoms with E-state index in [0.29, 0.717) is 0 Å². The average molecular weight is 267 g/mol. The molecule has 1 heterocycles. The van der Waals surface area contributed by atoms with Crippen molar-refractivity contribution in [3.63, 3.8) is 0 Å². The number of benzene rings is 1. The third-order valence-corrected chi connectivity index (χ3v) is 2.95. The average Bonchev–Trinajstić information content (AvgIpc) is 2.47. The van der Waals surface area contributed by atoms with Gasteiger partial charge >= 0.3 is 0 Å². The fraction of sp³-hybridized carbons (Fsp3) is 0.462. The zero-order valence-corrected chi connectivity index (χ0v) is 10.3. The van der Waals surface area contributed by atoms with Gasteiger partial charge in [-0.3, -0.25) is 4.79 Å². The molecule has 1 aliphatic heterocycles. The molecular weight excluding hydrogens is 250 g/mol. The summed E-state index contributed by atoms with van der Waals surface area (Å²) in [5.74, 6) is -0.528. The summed E-state index contributed by atoms with van der Waals surface area (Å²) in [6.45, 7) is -0.504.